The lowest BCUT2D eigenvalue weighted by Gasteiger charge is -2.26. The predicted molar refractivity (Wildman–Crippen MR) is 123 cm³/mol. The molecule has 2 N–H and O–H groups in total. The number of nitrogens with zero attached hydrogens (tertiary/aromatic N) is 1. The first kappa shape index (κ1) is 23.9. The summed E-state index contributed by atoms with van der Waals surface area (Å²) in [5.41, 5.74) is 0.988. The van der Waals surface area contributed by atoms with Crippen LogP contribution in [0.2, 0.25) is 0 Å². The fraction of sp³-hybridized carbons (Fsp3) is 0.391. The molecule has 0 saturated heterocycles. The average Bonchev–Trinajstić information content (AvgIpc) is 3.24. The normalized spacial score (nSPS) is 13.0. The van der Waals surface area contributed by atoms with Crippen LogP contribution in [0.5, 0.6) is 17.2 Å². The van der Waals surface area contributed by atoms with Gasteiger partial charge in [0.25, 0.3) is 0 Å². The topological polar surface area (TPSA) is 101 Å². The molecule has 3 aromatic rings. The number of H-pyrrole nitrogens is 1. The van der Waals surface area contributed by atoms with E-state index < -0.39 is 16.1 Å². The number of aliphatic hydroxyl groups is 1. The lowest BCUT2D eigenvalue weighted by Crippen LogP contribution is -2.41. The van der Waals surface area contributed by atoms with Crippen LogP contribution in [0.15, 0.2) is 53.6 Å². The van der Waals surface area contributed by atoms with Gasteiger partial charge in [0.2, 0.25) is 10.0 Å². The Morgan fingerprint density at radius 2 is 1.75 bits per heavy atom. The maximum Gasteiger partial charge on any atom is 0.243 e. The Labute approximate surface area is 188 Å². The Kier molecular flexibility index (Phi) is 7.65. The van der Waals surface area contributed by atoms with E-state index in [4.69, 9.17) is 14.2 Å². The van der Waals surface area contributed by atoms with Gasteiger partial charge in [-0.1, -0.05) is 13.8 Å². The number of hydrogen-bond acceptors (Lipinski definition) is 6. The van der Waals surface area contributed by atoms with Crippen LogP contribution >= 0.6 is 0 Å². The first-order valence-corrected chi connectivity index (χ1v) is 11.8. The molecular formula is C23H30N2O6S. The van der Waals surface area contributed by atoms with Gasteiger partial charge in [0.1, 0.15) is 18.5 Å². The van der Waals surface area contributed by atoms with Crippen LogP contribution in [0.3, 0.4) is 0 Å². The van der Waals surface area contributed by atoms with Crippen molar-refractivity contribution in [2.45, 2.75) is 24.8 Å². The van der Waals surface area contributed by atoms with Gasteiger partial charge in [-0.3, -0.25) is 0 Å². The van der Waals surface area contributed by atoms with Crippen LogP contribution in [-0.4, -0.2) is 62.8 Å². The van der Waals surface area contributed by atoms with Crippen molar-refractivity contribution < 1.29 is 27.7 Å². The monoisotopic (exact) mass is 462 g/mol. The molecule has 174 valence electrons. The number of nitrogens with one attached hydrogen (secondary N) is 1. The lowest BCUT2D eigenvalue weighted by atomic mass is 10.2. The number of hydrogen-bond donors (Lipinski definition) is 2. The van der Waals surface area contributed by atoms with E-state index in [2.05, 4.69) is 4.98 Å². The van der Waals surface area contributed by atoms with E-state index in [1.54, 1.807) is 12.1 Å². The van der Waals surface area contributed by atoms with E-state index in [1.807, 2.05) is 38.2 Å². The van der Waals surface area contributed by atoms with E-state index in [-0.39, 0.29) is 30.5 Å². The van der Waals surface area contributed by atoms with E-state index in [9.17, 15) is 13.5 Å². The van der Waals surface area contributed by atoms with Crippen LogP contribution < -0.4 is 14.2 Å². The molecule has 0 aliphatic carbocycles. The first-order chi connectivity index (χ1) is 15.2. The zero-order chi connectivity index (χ0) is 23.3. The number of fused-ring (bicyclic) bond motifs is 1. The van der Waals surface area contributed by atoms with Crippen molar-refractivity contribution in [2.75, 3.05) is 33.9 Å². The predicted octanol–water partition coefficient (Wildman–Crippen LogP) is 3.27. The highest BCUT2D eigenvalue weighted by molar-refractivity contribution is 7.89. The molecule has 0 bridgehead atoms. The minimum absolute atomic E-state index is 0.0357. The van der Waals surface area contributed by atoms with E-state index in [0.717, 1.165) is 10.9 Å². The summed E-state index contributed by atoms with van der Waals surface area (Å²) in [4.78, 5) is 3.18. The Hall–Kier alpha value is -2.75. The van der Waals surface area contributed by atoms with Crippen molar-refractivity contribution in [3.63, 3.8) is 0 Å². The molecule has 0 saturated carbocycles. The molecule has 0 unspecified atom stereocenters. The minimum atomic E-state index is -3.87. The molecule has 1 heterocycles. The van der Waals surface area contributed by atoms with Gasteiger partial charge in [0.15, 0.2) is 11.5 Å². The molecule has 3 rings (SSSR count). The Balaban J connectivity index is 1.74. The van der Waals surface area contributed by atoms with Gasteiger partial charge >= 0.3 is 0 Å². The summed E-state index contributed by atoms with van der Waals surface area (Å²) in [6.07, 6.45) is 0.831. The number of aromatic nitrogens is 1. The molecule has 0 amide bonds. The third kappa shape index (κ3) is 5.53. The second-order valence-electron chi connectivity index (χ2n) is 7.92. The van der Waals surface area contributed by atoms with E-state index >= 15 is 0 Å². The van der Waals surface area contributed by atoms with Gasteiger partial charge in [0.05, 0.1) is 19.1 Å². The van der Waals surface area contributed by atoms with Gasteiger partial charge < -0.3 is 24.3 Å². The van der Waals surface area contributed by atoms with Crippen molar-refractivity contribution >= 4 is 20.9 Å². The van der Waals surface area contributed by atoms with Gasteiger partial charge in [-0.2, -0.15) is 4.31 Å². The second-order valence-corrected chi connectivity index (χ2v) is 9.86. The summed E-state index contributed by atoms with van der Waals surface area (Å²) in [5.74, 6) is 1.43. The highest BCUT2D eigenvalue weighted by Crippen LogP contribution is 2.31. The van der Waals surface area contributed by atoms with E-state index in [1.165, 1.54) is 30.7 Å². The average molecular weight is 463 g/mol. The van der Waals surface area contributed by atoms with Crippen LogP contribution in [-0.2, 0) is 10.0 Å². The SMILES string of the molecule is COc1ccc(S(=O)(=O)N(CC(C)C)C[C@@H](O)COc2ccc3[nH]ccc3c2)cc1OC. The minimum Gasteiger partial charge on any atom is -0.493 e. The molecule has 32 heavy (non-hydrogen) atoms. The number of aliphatic hydroxyl groups excluding tert-OH is 1. The van der Waals surface area contributed by atoms with Crippen LogP contribution in [0, 0.1) is 5.92 Å². The third-order valence-corrected chi connectivity index (χ3v) is 6.77. The molecule has 2 aromatic carbocycles. The van der Waals surface area contributed by atoms with Crippen molar-refractivity contribution in [3.8, 4) is 17.2 Å². The summed E-state index contributed by atoms with van der Waals surface area (Å²) in [6, 6.07) is 11.9. The number of benzene rings is 2. The van der Waals surface area contributed by atoms with Crippen molar-refractivity contribution in [3.05, 3.63) is 48.7 Å². The number of sulfonamides is 1. The maximum absolute atomic E-state index is 13.3. The zero-order valence-corrected chi connectivity index (χ0v) is 19.6. The molecule has 1 atom stereocenters. The van der Waals surface area contributed by atoms with Gasteiger partial charge in [-0.25, -0.2) is 8.42 Å². The molecule has 0 fully saturated rings. The fourth-order valence-electron chi connectivity index (χ4n) is 3.41. The third-order valence-electron chi connectivity index (χ3n) is 4.94. The summed E-state index contributed by atoms with van der Waals surface area (Å²) >= 11 is 0. The highest BCUT2D eigenvalue weighted by atomic mass is 32.2. The number of rotatable bonds is 11. The molecule has 0 aliphatic heterocycles. The van der Waals surface area contributed by atoms with Crippen LogP contribution in [0.1, 0.15) is 13.8 Å². The summed E-state index contributed by atoms with van der Waals surface area (Å²) in [5, 5.41) is 11.6. The van der Waals surface area contributed by atoms with Crippen molar-refractivity contribution in [2.24, 2.45) is 5.92 Å². The molecule has 8 nitrogen and oxygen atoms in total. The largest absolute Gasteiger partial charge is 0.493 e. The lowest BCUT2D eigenvalue weighted by molar-refractivity contribution is 0.0873. The Morgan fingerprint density at radius 1 is 1.00 bits per heavy atom. The molecule has 9 heteroatoms. The summed E-state index contributed by atoms with van der Waals surface area (Å²) in [6.45, 7) is 3.97. The smallest absolute Gasteiger partial charge is 0.243 e. The standard InChI is InChI=1S/C23H30N2O6S/c1-16(2)13-25(32(27,28)20-6-8-22(29-3)23(12-20)30-4)14-18(26)15-31-19-5-7-21-17(11-19)9-10-24-21/h5-12,16,18,24,26H,13-15H2,1-4H3/t18-/m1/s1. The molecular weight excluding hydrogens is 432 g/mol. The Bertz CT molecular complexity index is 1140. The molecule has 1 aromatic heterocycles. The maximum atomic E-state index is 13.3. The zero-order valence-electron chi connectivity index (χ0n) is 18.7. The number of ether oxygens (including phenoxy) is 3. The Morgan fingerprint density at radius 3 is 2.44 bits per heavy atom. The van der Waals surface area contributed by atoms with Crippen LogP contribution in [0.25, 0.3) is 10.9 Å². The van der Waals surface area contributed by atoms with Crippen molar-refractivity contribution in [1.82, 2.24) is 9.29 Å². The van der Waals surface area contributed by atoms with Gasteiger partial charge in [-0.05, 0) is 42.3 Å². The number of methoxy groups -OCH3 is 2. The van der Waals surface area contributed by atoms with E-state index in [0.29, 0.717) is 17.2 Å². The number of aromatic amines is 1. The second kappa shape index (κ2) is 10.2. The quantitative estimate of drug-likeness (QED) is 0.454. The summed E-state index contributed by atoms with van der Waals surface area (Å²) < 4.78 is 44.1. The van der Waals surface area contributed by atoms with Gasteiger partial charge in [0, 0.05) is 36.3 Å². The molecule has 0 spiro atoms. The molecule has 0 aliphatic rings. The summed E-state index contributed by atoms with van der Waals surface area (Å²) in [7, 11) is -0.937. The van der Waals surface area contributed by atoms with Gasteiger partial charge in [-0.15, -0.1) is 0 Å². The fourth-order valence-corrected chi connectivity index (χ4v) is 5.06. The van der Waals surface area contributed by atoms with Crippen LogP contribution in [0.4, 0.5) is 0 Å². The highest BCUT2D eigenvalue weighted by Gasteiger charge is 2.28. The van der Waals surface area contributed by atoms with Crippen molar-refractivity contribution in [1.29, 1.82) is 0 Å². The first-order valence-electron chi connectivity index (χ1n) is 10.3. The molecule has 0 radical (unpaired) electrons.